The average Bonchev–Trinajstić information content (AvgIpc) is 2.61. The van der Waals surface area contributed by atoms with Crippen LogP contribution in [-0.4, -0.2) is 38.7 Å². The Labute approximate surface area is 165 Å². The Morgan fingerprint density at radius 1 is 1.15 bits per heavy atom. The van der Waals surface area contributed by atoms with Crippen LogP contribution in [0.25, 0.3) is 6.08 Å². The summed E-state index contributed by atoms with van der Waals surface area (Å²) in [5.41, 5.74) is 1.12. The lowest BCUT2D eigenvalue weighted by Crippen LogP contribution is -2.43. The highest BCUT2D eigenvalue weighted by Crippen LogP contribution is 2.38. The largest absolute Gasteiger partial charge is 0.466 e. The molecule has 0 aliphatic heterocycles. The van der Waals surface area contributed by atoms with Crippen LogP contribution < -0.4 is 0 Å². The zero-order valence-electron chi connectivity index (χ0n) is 17.4. The molecule has 0 spiro atoms. The van der Waals surface area contributed by atoms with E-state index in [-0.39, 0.29) is 11.1 Å². The molecule has 0 aliphatic rings. The van der Waals surface area contributed by atoms with Crippen LogP contribution in [0, 0.1) is 0 Å². The Balaban J connectivity index is 2.83. The molecule has 4 nitrogen and oxygen atoms in total. The quantitative estimate of drug-likeness (QED) is 0.368. The van der Waals surface area contributed by atoms with Crippen molar-refractivity contribution in [3.05, 3.63) is 54.1 Å². The molecule has 0 aromatic heterocycles. The van der Waals surface area contributed by atoms with Crippen molar-refractivity contribution in [1.82, 2.24) is 0 Å². The third-order valence-electron chi connectivity index (χ3n) is 4.96. The van der Waals surface area contributed by atoms with Crippen molar-refractivity contribution in [3.8, 4) is 0 Å². The standard InChI is InChI=1S/C22H34O4Si/c1-22(2,3)27(5,6)26-20(15-12-18-10-8-7-9-11-18)16-13-19(23)14-17-21(24)25-4/h7-12,14-15,17,19-20,23H,13,16H2,1-6H3/b15-12+,17-14+/t19-,20-/m0/s1. The first-order chi connectivity index (χ1) is 12.5. The van der Waals surface area contributed by atoms with E-state index in [2.05, 4.69) is 50.8 Å². The number of hydrogen-bond acceptors (Lipinski definition) is 4. The maximum Gasteiger partial charge on any atom is 0.330 e. The van der Waals surface area contributed by atoms with Crippen LogP contribution in [0.4, 0.5) is 0 Å². The van der Waals surface area contributed by atoms with Gasteiger partial charge in [0.05, 0.1) is 19.3 Å². The minimum atomic E-state index is -1.95. The van der Waals surface area contributed by atoms with Gasteiger partial charge in [0.15, 0.2) is 8.32 Å². The first-order valence-corrected chi connectivity index (χ1v) is 12.3. The third-order valence-corrected chi connectivity index (χ3v) is 9.46. The highest BCUT2D eigenvalue weighted by molar-refractivity contribution is 6.74. The second-order valence-electron chi connectivity index (χ2n) is 8.21. The van der Waals surface area contributed by atoms with Crippen molar-refractivity contribution in [2.24, 2.45) is 0 Å². The molecule has 0 saturated carbocycles. The van der Waals surface area contributed by atoms with E-state index in [4.69, 9.17) is 4.43 Å². The molecule has 27 heavy (non-hydrogen) atoms. The molecule has 0 fully saturated rings. The lowest BCUT2D eigenvalue weighted by Gasteiger charge is -2.38. The second-order valence-corrected chi connectivity index (χ2v) is 13.0. The van der Waals surface area contributed by atoms with Crippen LogP contribution in [-0.2, 0) is 14.0 Å². The first-order valence-electron chi connectivity index (χ1n) is 9.40. The Kier molecular flexibility index (Phi) is 9.16. The van der Waals surface area contributed by atoms with E-state index in [0.29, 0.717) is 12.8 Å². The van der Waals surface area contributed by atoms with Gasteiger partial charge in [-0.3, -0.25) is 0 Å². The summed E-state index contributed by atoms with van der Waals surface area (Å²) in [7, 11) is -0.629. The van der Waals surface area contributed by atoms with Gasteiger partial charge in [0.1, 0.15) is 0 Å². The number of aliphatic hydroxyl groups excluding tert-OH is 1. The number of methoxy groups -OCH3 is 1. The highest BCUT2D eigenvalue weighted by atomic mass is 28.4. The number of carbonyl (C=O) groups is 1. The number of esters is 1. The number of ether oxygens (including phenoxy) is 1. The van der Waals surface area contributed by atoms with Crippen LogP contribution in [0.15, 0.2) is 48.6 Å². The summed E-state index contributed by atoms with van der Waals surface area (Å²) in [4.78, 5) is 11.2. The molecule has 5 heteroatoms. The summed E-state index contributed by atoms with van der Waals surface area (Å²) in [6, 6.07) is 10.1. The number of aliphatic hydroxyl groups is 1. The Bertz CT molecular complexity index is 629. The molecule has 0 heterocycles. The SMILES string of the molecule is COC(=O)/C=C/[C@@H](O)CC[C@H](/C=C/c1ccccc1)O[Si](C)(C)C(C)(C)C. The molecule has 1 aromatic rings. The van der Waals surface area contributed by atoms with Crippen molar-refractivity contribution >= 4 is 20.4 Å². The lowest BCUT2D eigenvalue weighted by atomic mass is 10.1. The minimum absolute atomic E-state index is 0.0905. The summed E-state index contributed by atoms with van der Waals surface area (Å²) in [5, 5.41) is 10.2. The van der Waals surface area contributed by atoms with Crippen LogP contribution in [0.5, 0.6) is 0 Å². The van der Waals surface area contributed by atoms with Gasteiger partial charge in [0.25, 0.3) is 0 Å². The van der Waals surface area contributed by atoms with Crippen LogP contribution >= 0.6 is 0 Å². The molecule has 0 bridgehead atoms. The van der Waals surface area contributed by atoms with E-state index in [0.717, 1.165) is 5.56 Å². The molecule has 1 rings (SSSR count). The smallest absolute Gasteiger partial charge is 0.330 e. The van der Waals surface area contributed by atoms with Crippen molar-refractivity contribution in [2.75, 3.05) is 7.11 Å². The van der Waals surface area contributed by atoms with E-state index < -0.39 is 20.4 Å². The van der Waals surface area contributed by atoms with Crippen molar-refractivity contribution in [2.45, 2.75) is 64.0 Å². The van der Waals surface area contributed by atoms with Gasteiger partial charge in [-0.25, -0.2) is 4.79 Å². The summed E-state index contributed by atoms with van der Waals surface area (Å²) < 4.78 is 11.1. The van der Waals surface area contributed by atoms with Crippen LogP contribution in [0.2, 0.25) is 18.1 Å². The molecule has 0 unspecified atom stereocenters. The normalized spacial score (nSPS) is 15.2. The fraction of sp³-hybridized carbons (Fsp3) is 0.500. The predicted octanol–water partition coefficient (Wildman–Crippen LogP) is 4.96. The van der Waals surface area contributed by atoms with Gasteiger partial charge in [0.2, 0.25) is 0 Å². The number of hydrogen-bond donors (Lipinski definition) is 1. The minimum Gasteiger partial charge on any atom is -0.466 e. The molecule has 0 aliphatic carbocycles. The van der Waals surface area contributed by atoms with Gasteiger partial charge in [-0.2, -0.15) is 0 Å². The molecule has 0 amide bonds. The maximum absolute atomic E-state index is 11.2. The molecule has 150 valence electrons. The van der Waals surface area contributed by atoms with Gasteiger partial charge in [-0.05, 0) is 42.6 Å². The molecule has 1 N–H and O–H groups in total. The average molecular weight is 391 g/mol. The summed E-state index contributed by atoms with van der Waals surface area (Å²) in [5.74, 6) is -0.466. The molecule has 0 saturated heterocycles. The topological polar surface area (TPSA) is 55.8 Å². The summed E-state index contributed by atoms with van der Waals surface area (Å²) in [6.07, 6.45) is 7.24. The van der Waals surface area contributed by atoms with Crippen LogP contribution in [0.1, 0.15) is 39.2 Å². The number of benzene rings is 1. The Morgan fingerprint density at radius 2 is 1.78 bits per heavy atom. The van der Waals surface area contributed by atoms with Gasteiger partial charge in [-0.1, -0.05) is 63.3 Å². The van der Waals surface area contributed by atoms with Gasteiger partial charge < -0.3 is 14.3 Å². The van der Waals surface area contributed by atoms with Crippen molar-refractivity contribution in [1.29, 1.82) is 0 Å². The van der Waals surface area contributed by atoms with E-state index in [9.17, 15) is 9.90 Å². The van der Waals surface area contributed by atoms with E-state index in [1.54, 1.807) is 0 Å². The van der Waals surface area contributed by atoms with Crippen molar-refractivity contribution < 1.29 is 19.1 Å². The zero-order chi connectivity index (χ0) is 20.5. The predicted molar refractivity (Wildman–Crippen MR) is 114 cm³/mol. The van der Waals surface area contributed by atoms with Crippen molar-refractivity contribution in [3.63, 3.8) is 0 Å². The molecular formula is C22H34O4Si. The fourth-order valence-electron chi connectivity index (χ4n) is 2.22. The zero-order valence-corrected chi connectivity index (χ0v) is 18.4. The molecule has 0 radical (unpaired) electrons. The van der Waals surface area contributed by atoms with E-state index >= 15 is 0 Å². The van der Waals surface area contributed by atoms with Gasteiger partial charge in [0, 0.05) is 6.08 Å². The second kappa shape index (κ2) is 10.6. The van der Waals surface area contributed by atoms with E-state index in [1.165, 1.54) is 19.3 Å². The highest BCUT2D eigenvalue weighted by Gasteiger charge is 2.38. The van der Waals surface area contributed by atoms with Gasteiger partial charge >= 0.3 is 5.97 Å². The van der Waals surface area contributed by atoms with E-state index in [1.807, 2.05) is 30.3 Å². The molecule has 2 atom stereocenters. The lowest BCUT2D eigenvalue weighted by molar-refractivity contribution is -0.134. The number of carbonyl (C=O) groups excluding carboxylic acids is 1. The fourth-order valence-corrected chi connectivity index (χ4v) is 3.53. The van der Waals surface area contributed by atoms with Gasteiger partial charge in [-0.15, -0.1) is 0 Å². The maximum atomic E-state index is 11.2. The monoisotopic (exact) mass is 390 g/mol. The Morgan fingerprint density at radius 3 is 2.33 bits per heavy atom. The number of rotatable bonds is 9. The third kappa shape index (κ3) is 8.69. The molecule has 1 aromatic carbocycles. The Hall–Kier alpha value is -1.69. The summed E-state index contributed by atoms with van der Waals surface area (Å²) in [6.45, 7) is 11.1. The van der Waals surface area contributed by atoms with Crippen LogP contribution in [0.3, 0.4) is 0 Å². The first kappa shape index (κ1) is 23.3. The molecular weight excluding hydrogens is 356 g/mol. The summed E-state index contributed by atoms with van der Waals surface area (Å²) >= 11 is 0.